The fourth-order valence-corrected chi connectivity index (χ4v) is 3.69. The number of carbonyl (C=O) groups excluding carboxylic acids is 1. The van der Waals surface area contributed by atoms with Crippen LogP contribution in [0.2, 0.25) is 0 Å². The van der Waals surface area contributed by atoms with Crippen LogP contribution in [0.5, 0.6) is 11.5 Å². The molecule has 1 N–H and O–H groups in total. The van der Waals surface area contributed by atoms with Crippen LogP contribution >= 0.6 is 0 Å². The number of likely N-dealkylation sites (tertiary alicyclic amines) is 1. The Hall–Kier alpha value is -2.60. The van der Waals surface area contributed by atoms with Gasteiger partial charge in [0.05, 0.1) is 5.92 Å². The maximum absolute atomic E-state index is 13.4. The van der Waals surface area contributed by atoms with Crippen molar-refractivity contribution >= 4 is 5.91 Å². The van der Waals surface area contributed by atoms with E-state index < -0.39 is 0 Å². The summed E-state index contributed by atoms with van der Waals surface area (Å²) in [7, 11) is 0. The van der Waals surface area contributed by atoms with Gasteiger partial charge in [-0.1, -0.05) is 18.2 Å². The van der Waals surface area contributed by atoms with Crippen molar-refractivity contribution in [3.63, 3.8) is 0 Å². The topological polar surface area (TPSA) is 50.8 Å². The van der Waals surface area contributed by atoms with E-state index in [4.69, 9.17) is 9.47 Å². The number of piperidine rings is 1. The number of rotatable bonds is 5. The third-order valence-corrected chi connectivity index (χ3v) is 5.08. The van der Waals surface area contributed by atoms with Gasteiger partial charge in [-0.15, -0.1) is 0 Å². The Morgan fingerprint density at radius 3 is 2.93 bits per heavy atom. The number of fused-ring (bicyclic) bond motifs is 1. The minimum absolute atomic E-state index is 0.0404. The van der Waals surface area contributed by atoms with E-state index in [0.29, 0.717) is 19.6 Å². The molecule has 2 aromatic carbocycles. The molecule has 142 valence electrons. The first-order chi connectivity index (χ1) is 13.2. The Labute approximate surface area is 158 Å². The predicted octanol–water partition coefficient (Wildman–Crippen LogP) is 3.08. The highest BCUT2D eigenvalue weighted by Gasteiger charge is 2.25. The molecule has 0 radical (unpaired) electrons. The van der Waals surface area contributed by atoms with Gasteiger partial charge in [0.25, 0.3) is 0 Å². The minimum atomic E-state index is -0.220. The van der Waals surface area contributed by atoms with Crippen molar-refractivity contribution in [3.8, 4) is 11.5 Å². The van der Waals surface area contributed by atoms with Gasteiger partial charge in [-0.25, -0.2) is 4.39 Å². The molecule has 6 heteroatoms. The molecule has 1 fully saturated rings. The average Bonchev–Trinajstić information content (AvgIpc) is 3.14. The van der Waals surface area contributed by atoms with Gasteiger partial charge in [0.1, 0.15) is 5.82 Å². The van der Waals surface area contributed by atoms with Crippen molar-refractivity contribution in [2.45, 2.75) is 25.9 Å². The van der Waals surface area contributed by atoms with E-state index in [2.05, 4.69) is 10.2 Å². The van der Waals surface area contributed by atoms with Gasteiger partial charge in [0.15, 0.2) is 11.5 Å². The zero-order valence-corrected chi connectivity index (χ0v) is 15.1. The number of halogens is 1. The molecule has 2 aliphatic heterocycles. The van der Waals surface area contributed by atoms with Crippen LogP contribution in [-0.2, 0) is 17.9 Å². The van der Waals surface area contributed by atoms with Crippen LogP contribution in [-0.4, -0.2) is 30.7 Å². The number of nitrogens with one attached hydrogen (secondary N) is 1. The third kappa shape index (κ3) is 4.39. The number of hydrogen-bond donors (Lipinski definition) is 1. The molecule has 0 aliphatic carbocycles. The lowest BCUT2D eigenvalue weighted by atomic mass is 9.96. The number of nitrogens with zero attached hydrogens (tertiary/aromatic N) is 1. The Balaban J connectivity index is 1.30. The van der Waals surface area contributed by atoms with Crippen molar-refractivity contribution in [2.75, 3.05) is 19.9 Å². The second-order valence-electron chi connectivity index (χ2n) is 7.11. The van der Waals surface area contributed by atoms with Crippen LogP contribution in [0.1, 0.15) is 24.0 Å². The van der Waals surface area contributed by atoms with E-state index in [1.165, 1.54) is 6.07 Å². The Morgan fingerprint density at radius 1 is 1.15 bits per heavy atom. The molecule has 2 aromatic rings. The SMILES string of the molecule is O=C(NCc1ccc2c(c1)OCO2)C1CCCN(Cc2cccc(F)c2)C1. The summed E-state index contributed by atoms with van der Waals surface area (Å²) < 4.78 is 24.0. The van der Waals surface area contributed by atoms with Crippen LogP contribution in [0.15, 0.2) is 42.5 Å². The van der Waals surface area contributed by atoms with E-state index in [0.717, 1.165) is 42.0 Å². The Bertz CT molecular complexity index is 827. The third-order valence-electron chi connectivity index (χ3n) is 5.08. The van der Waals surface area contributed by atoms with Crippen molar-refractivity contribution in [1.29, 1.82) is 0 Å². The molecule has 1 unspecified atom stereocenters. The molecule has 0 saturated carbocycles. The van der Waals surface area contributed by atoms with E-state index in [1.807, 2.05) is 24.3 Å². The Morgan fingerprint density at radius 2 is 2.04 bits per heavy atom. The molecular weight excluding hydrogens is 347 g/mol. The van der Waals surface area contributed by atoms with Crippen LogP contribution < -0.4 is 14.8 Å². The molecule has 2 heterocycles. The highest BCUT2D eigenvalue weighted by atomic mass is 19.1. The van der Waals surface area contributed by atoms with Gasteiger partial charge in [-0.05, 0) is 54.8 Å². The summed E-state index contributed by atoms with van der Waals surface area (Å²) in [6.07, 6.45) is 1.85. The van der Waals surface area contributed by atoms with Crippen molar-refractivity contribution in [2.24, 2.45) is 5.92 Å². The molecule has 5 nitrogen and oxygen atoms in total. The second kappa shape index (κ2) is 7.96. The van der Waals surface area contributed by atoms with Crippen LogP contribution in [0.25, 0.3) is 0 Å². The smallest absolute Gasteiger partial charge is 0.231 e. The molecule has 0 bridgehead atoms. The van der Waals surface area contributed by atoms with Gasteiger partial charge in [0, 0.05) is 19.6 Å². The summed E-state index contributed by atoms with van der Waals surface area (Å²) in [5.74, 6) is 1.27. The monoisotopic (exact) mass is 370 g/mol. The molecular formula is C21H23FN2O3. The van der Waals surface area contributed by atoms with E-state index in [-0.39, 0.29) is 24.4 Å². The molecule has 1 atom stereocenters. The number of amides is 1. The van der Waals surface area contributed by atoms with E-state index >= 15 is 0 Å². The van der Waals surface area contributed by atoms with Crippen molar-refractivity contribution in [3.05, 3.63) is 59.4 Å². The van der Waals surface area contributed by atoms with E-state index in [9.17, 15) is 9.18 Å². The lowest BCUT2D eigenvalue weighted by Crippen LogP contribution is -2.42. The highest BCUT2D eigenvalue weighted by Crippen LogP contribution is 2.32. The highest BCUT2D eigenvalue weighted by molar-refractivity contribution is 5.79. The molecule has 2 aliphatic rings. The standard InChI is InChI=1S/C21H23FN2O3/c22-18-5-1-3-16(9-18)12-24-8-2-4-17(13-24)21(25)23-11-15-6-7-19-20(10-15)27-14-26-19/h1,3,5-7,9-10,17H,2,4,8,11-14H2,(H,23,25). The summed E-state index contributed by atoms with van der Waals surface area (Å²) in [5, 5.41) is 3.03. The Kier molecular flexibility index (Phi) is 5.25. The number of ether oxygens (including phenoxy) is 2. The molecule has 0 aromatic heterocycles. The van der Waals surface area contributed by atoms with Crippen molar-refractivity contribution < 1.29 is 18.7 Å². The largest absolute Gasteiger partial charge is 0.454 e. The molecule has 27 heavy (non-hydrogen) atoms. The maximum Gasteiger partial charge on any atom is 0.231 e. The van der Waals surface area contributed by atoms with Gasteiger partial charge < -0.3 is 14.8 Å². The molecule has 0 spiro atoms. The predicted molar refractivity (Wildman–Crippen MR) is 98.8 cm³/mol. The van der Waals surface area contributed by atoms with E-state index in [1.54, 1.807) is 12.1 Å². The first kappa shape index (κ1) is 17.8. The van der Waals surface area contributed by atoms with Crippen LogP contribution in [0.3, 0.4) is 0 Å². The minimum Gasteiger partial charge on any atom is -0.454 e. The number of hydrogen-bond acceptors (Lipinski definition) is 4. The first-order valence-corrected chi connectivity index (χ1v) is 9.30. The van der Waals surface area contributed by atoms with Gasteiger partial charge >= 0.3 is 0 Å². The first-order valence-electron chi connectivity index (χ1n) is 9.30. The number of benzene rings is 2. The average molecular weight is 370 g/mol. The van der Waals surface area contributed by atoms with Crippen LogP contribution in [0.4, 0.5) is 4.39 Å². The van der Waals surface area contributed by atoms with Gasteiger partial charge in [-0.3, -0.25) is 9.69 Å². The summed E-state index contributed by atoms with van der Waals surface area (Å²) in [4.78, 5) is 14.8. The summed E-state index contributed by atoms with van der Waals surface area (Å²) in [6, 6.07) is 12.4. The lowest BCUT2D eigenvalue weighted by Gasteiger charge is -2.32. The second-order valence-corrected chi connectivity index (χ2v) is 7.11. The molecule has 1 amide bonds. The number of carbonyl (C=O) groups is 1. The van der Waals surface area contributed by atoms with Crippen molar-refractivity contribution in [1.82, 2.24) is 10.2 Å². The zero-order chi connectivity index (χ0) is 18.6. The molecule has 1 saturated heterocycles. The summed E-state index contributed by atoms with van der Waals surface area (Å²) in [6.45, 7) is 3.01. The molecule has 4 rings (SSSR count). The lowest BCUT2D eigenvalue weighted by molar-refractivity contribution is -0.126. The van der Waals surface area contributed by atoms with Crippen LogP contribution in [0, 0.1) is 11.7 Å². The zero-order valence-electron chi connectivity index (χ0n) is 15.1. The van der Waals surface area contributed by atoms with Gasteiger partial charge in [-0.2, -0.15) is 0 Å². The normalized spacial score (nSPS) is 19.1. The van der Waals surface area contributed by atoms with Gasteiger partial charge in [0.2, 0.25) is 12.7 Å². The maximum atomic E-state index is 13.4. The fraction of sp³-hybridized carbons (Fsp3) is 0.381. The summed E-state index contributed by atoms with van der Waals surface area (Å²) in [5.41, 5.74) is 1.93. The quantitative estimate of drug-likeness (QED) is 0.879. The summed E-state index contributed by atoms with van der Waals surface area (Å²) >= 11 is 0. The fourth-order valence-electron chi connectivity index (χ4n) is 3.69.